The molecule has 2 aromatic rings. The van der Waals surface area contributed by atoms with Crippen LogP contribution in [0.25, 0.3) is 0 Å². The summed E-state index contributed by atoms with van der Waals surface area (Å²) in [5.74, 6) is 0.542. The van der Waals surface area contributed by atoms with Crippen molar-refractivity contribution in [2.24, 2.45) is 0 Å². The van der Waals surface area contributed by atoms with E-state index in [-0.39, 0.29) is 0 Å². The molecule has 22 heavy (non-hydrogen) atoms. The van der Waals surface area contributed by atoms with Crippen LogP contribution in [0, 0.1) is 13.8 Å². The maximum Gasteiger partial charge on any atom is 0.329 e. The third-order valence-electron chi connectivity index (χ3n) is 3.35. The van der Waals surface area contributed by atoms with Crippen molar-refractivity contribution in [2.45, 2.75) is 18.7 Å². The van der Waals surface area contributed by atoms with E-state index in [0.717, 1.165) is 16.7 Å². The van der Waals surface area contributed by atoms with Gasteiger partial charge in [-0.3, -0.25) is 4.58 Å². The highest BCUT2D eigenvalue weighted by Crippen LogP contribution is 2.16. The predicted molar refractivity (Wildman–Crippen MR) is 88.9 cm³/mol. The number of aryl methyl sites for hydroxylation is 2. The first-order valence-corrected chi connectivity index (χ1v) is 8.49. The van der Waals surface area contributed by atoms with Gasteiger partial charge in [-0.1, -0.05) is 35.9 Å². The Morgan fingerprint density at radius 3 is 2.18 bits per heavy atom. The fraction of sp³-hybridized carbons (Fsp3) is 0.235. The van der Waals surface area contributed by atoms with Crippen molar-refractivity contribution < 1.29 is 13.0 Å². The summed E-state index contributed by atoms with van der Waals surface area (Å²) < 4.78 is 29.8. The van der Waals surface area contributed by atoms with Crippen LogP contribution < -0.4 is 4.72 Å². The van der Waals surface area contributed by atoms with E-state index >= 15 is 0 Å². The van der Waals surface area contributed by atoms with Gasteiger partial charge in [0.2, 0.25) is 0 Å². The molecule has 0 radical (unpaired) electrons. The first kappa shape index (κ1) is 16.2. The zero-order chi connectivity index (χ0) is 16.3. The van der Waals surface area contributed by atoms with Gasteiger partial charge in [0, 0.05) is 0 Å². The molecule has 0 saturated carbocycles. The fourth-order valence-electron chi connectivity index (χ4n) is 2.29. The molecule has 0 aliphatic carbocycles. The van der Waals surface area contributed by atoms with Gasteiger partial charge in [0.15, 0.2) is 0 Å². The Kier molecular flexibility index (Phi) is 4.66. The van der Waals surface area contributed by atoms with Gasteiger partial charge in [-0.2, -0.15) is 13.1 Å². The van der Waals surface area contributed by atoms with Crippen molar-refractivity contribution in [1.82, 2.24) is 4.72 Å². The van der Waals surface area contributed by atoms with E-state index in [2.05, 4.69) is 4.72 Å². The molecule has 1 N–H and O–H groups in total. The maximum atomic E-state index is 12.7. The van der Waals surface area contributed by atoms with Gasteiger partial charge in [0.1, 0.15) is 4.90 Å². The highest BCUT2D eigenvalue weighted by atomic mass is 32.2. The summed E-state index contributed by atoms with van der Waals surface area (Å²) in [5.41, 5.74) is 2.59. The Morgan fingerprint density at radius 1 is 1.00 bits per heavy atom. The molecule has 0 aliphatic heterocycles. The largest absolute Gasteiger partial charge is 0.329 e. The van der Waals surface area contributed by atoms with Gasteiger partial charge in [0.05, 0.1) is 19.7 Å². The van der Waals surface area contributed by atoms with E-state index < -0.39 is 10.0 Å². The zero-order valence-electron chi connectivity index (χ0n) is 13.3. The molecule has 0 saturated heterocycles. The molecule has 0 aliphatic rings. The number of rotatable bonds is 3. The van der Waals surface area contributed by atoms with Crippen molar-refractivity contribution in [3.63, 3.8) is 0 Å². The first-order valence-electron chi connectivity index (χ1n) is 7.01. The van der Waals surface area contributed by atoms with Crippen LogP contribution in [0.15, 0.2) is 53.4 Å². The molecule has 0 heterocycles. The van der Waals surface area contributed by atoms with E-state index in [1.165, 1.54) is 0 Å². The molecule has 0 aromatic heterocycles. The third-order valence-corrected chi connectivity index (χ3v) is 4.84. The minimum Gasteiger partial charge on any atom is -0.266 e. The van der Waals surface area contributed by atoms with E-state index in [4.69, 9.17) is 0 Å². The molecule has 0 atom stereocenters. The topological polar surface area (TPSA) is 49.2 Å². The lowest BCUT2D eigenvalue weighted by Crippen LogP contribution is -2.36. The van der Waals surface area contributed by atoms with Gasteiger partial charge in [-0.25, -0.2) is 0 Å². The molecule has 116 valence electrons. The van der Waals surface area contributed by atoms with Gasteiger partial charge in [-0.15, -0.1) is 0 Å². The lowest BCUT2D eigenvalue weighted by molar-refractivity contribution is -0.465. The monoisotopic (exact) mass is 317 g/mol. The second kappa shape index (κ2) is 6.32. The standard InChI is InChI=1S/C17H20N2O2S/c1-13-10-11-16(14(2)12-13)22(20,21)18-17(19(3)4)15-8-6-5-7-9-15/h5-12H,1-4H3/p+1. The molecule has 0 spiro atoms. The summed E-state index contributed by atoms with van der Waals surface area (Å²) in [6, 6.07) is 14.7. The van der Waals surface area contributed by atoms with Crippen LogP contribution in [-0.2, 0) is 10.0 Å². The predicted octanol–water partition coefficient (Wildman–Crippen LogP) is 2.30. The van der Waals surface area contributed by atoms with Crippen LogP contribution >= 0.6 is 0 Å². The molecular formula is C17H21N2O2S+. The summed E-state index contributed by atoms with van der Waals surface area (Å²) in [7, 11) is -0.00409. The second-order valence-corrected chi connectivity index (χ2v) is 7.13. The highest BCUT2D eigenvalue weighted by Gasteiger charge is 2.25. The lowest BCUT2D eigenvalue weighted by Gasteiger charge is -2.09. The van der Waals surface area contributed by atoms with Gasteiger partial charge >= 0.3 is 10.0 Å². The lowest BCUT2D eigenvalue weighted by atomic mass is 10.2. The molecule has 0 bridgehead atoms. The molecule has 0 unspecified atom stereocenters. The number of hydrogen-bond donors (Lipinski definition) is 1. The van der Waals surface area contributed by atoms with E-state index in [1.54, 1.807) is 23.6 Å². The SMILES string of the molecule is Cc1ccc(S(=O)(=O)NC(c2ccccc2)=[N+](C)C)c(C)c1. The number of nitrogens with one attached hydrogen (secondary N) is 1. The molecule has 4 nitrogen and oxygen atoms in total. The Hall–Kier alpha value is -2.14. The van der Waals surface area contributed by atoms with Crippen molar-refractivity contribution in [2.75, 3.05) is 14.1 Å². The Bertz CT molecular complexity index is 806. The third kappa shape index (κ3) is 3.54. The van der Waals surface area contributed by atoms with Crippen LogP contribution in [0.2, 0.25) is 0 Å². The second-order valence-electron chi connectivity index (χ2n) is 5.48. The van der Waals surface area contributed by atoms with Crippen LogP contribution in [0.1, 0.15) is 16.7 Å². The molecule has 2 rings (SSSR count). The van der Waals surface area contributed by atoms with Crippen molar-refractivity contribution >= 4 is 15.9 Å². The Balaban J connectivity index is 2.44. The number of sulfonamides is 1. The molecule has 0 fully saturated rings. The summed E-state index contributed by atoms with van der Waals surface area (Å²) in [6.07, 6.45) is 0. The van der Waals surface area contributed by atoms with Crippen molar-refractivity contribution in [3.05, 3.63) is 65.2 Å². The van der Waals surface area contributed by atoms with Gasteiger partial charge in [0.25, 0.3) is 5.84 Å². The van der Waals surface area contributed by atoms with Crippen LogP contribution in [0.5, 0.6) is 0 Å². The normalized spacial score (nSPS) is 11.1. The summed E-state index contributed by atoms with van der Waals surface area (Å²) >= 11 is 0. The summed E-state index contributed by atoms with van der Waals surface area (Å²) in [5, 5.41) is 0. The van der Waals surface area contributed by atoms with E-state index in [1.807, 2.05) is 57.4 Å². The number of hydrogen-bond acceptors (Lipinski definition) is 2. The summed E-state index contributed by atoms with van der Waals surface area (Å²) in [6.45, 7) is 3.75. The van der Waals surface area contributed by atoms with Crippen molar-refractivity contribution in [3.8, 4) is 0 Å². The average Bonchev–Trinajstić information content (AvgIpc) is 2.45. The minimum absolute atomic E-state index is 0.299. The Labute approximate surface area is 132 Å². The molecular weight excluding hydrogens is 296 g/mol. The minimum atomic E-state index is -3.63. The molecule has 2 aromatic carbocycles. The Morgan fingerprint density at radius 2 is 1.64 bits per heavy atom. The summed E-state index contributed by atoms with van der Waals surface area (Å²) in [4.78, 5) is 0.299. The van der Waals surface area contributed by atoms with Crippen LogP contribution in [0.4, 0.5) is 0 Å². The highest BCUT2D eigenvalue weighted by molar-refractivity contribution is 7.90. The van der Waals surface area contributed by atoms with E-state index in [0.29, 0.717) is 10.7 Å². The first-order chi connectivity index (χ1) is 10.3. The number of benzene rings is 2. The van der Waals surface area contributed by atoms with Crippen LogP contribution in [0.3, 0.4) is 0 Å². The van der Waals surface area contributed by atoms with Gasteiger partial charge in [-0.05, 0) is 37.6 Å². The van der Waals surface area contributed by atoms with Gasteiger partial charge < -0.3 is 0 Å². The van der Waals surface area contributed by atoms with Crippen molar-refractivity contribution in [1.29, 1.82) is 0 Å². The quantitative estimate of drug-likeness (QED) is 0.536. The maximum absolute atomic E-state index is 12.7. The molecule has 0 amide bonds. The molecule has 5 heteroatoms. The smallest absolute Gasteiger partial charge is 0.266 e. The average molecular weight is 317 g/mol. The number of nitrogens with zero attached hydrogens (tertiary/aromatic N) is 1. The van der Waals surface area contributed by atoms with E-state index in [9.17, 15) is 8.42 Å². The zero-order valence-corrected chi connectivity index (χ0v) is 14.1. The fourth-order valence-corrected chi connectivity index (χ4v) is 3.68. The number of amidine groups is 1. The van der Waals surface area contributed by atoms with Crippen LogP contribution in [-0.4, -0.2) is 32.9 Å².